The molecule has 0 radical (unpaired) electrons. The second-order valence-corrected chi connectivity index (χ2v) is 5.63. The van der Waals surface area contributed by atoms with Crippen molar-refractivity contribution in [2.75, 3.05) is 6.61 Å². The average Bonchev–Trinajstić information content (AvgIpc) is 2.58. The standard InChI is InChI=1S/C19H20N2O2/c1-15-8-10-16(11-9-15)23-13-5-4-12-21-14-20-18-7-3-2-6-17(18)19(21)22/h2-3,6-11,14H,4-5,12-13H2,1H3. The Morgan fingerprint density at radius 2 is 1.83 bits per heavy atom. The van der Waals surface area contributed by atoms with E-state index in [1.54, 1.807) is 10.9 Å². The Morgan fingerprint density at radius 3 is 2.65 bits per heavy atom. The van der Waals surface area contributed by atoms with Gasteiger partial charge in [0.2, 0.25) is 0 Å². The molecule has 0 aliphatic carbocycles. The highest BCUT2D eigenvalue weighted by Crippen LogP contribution is 2.12. The Balaban J connectivity index is 1.52. The summed E-state index contributed by atoms with van der Waals surface area (Å²) >= 11 is 0. The Bertz CT molecular complexity index is 838. The van der Waals surface area contributed by atoms with Crippen molar-refractivity contribution in [3.05, 3.63) is 70.8 Å². The molecule has 0 spiro atoms. The first-order chi connectivity index (χ1) is 11.2. The van der Waals surface area contributed by atoms with Crippen LogP contribution < -0.4 is 10.3 Å². The maximum absolute atomic E-state index is 12.3. The van der Waals surface area contributed by atoms with Gasteiger partial charge in [-0.15, -0.1) is 0 Å². The van der Waals surface area contributed by atoms with Crippen LogP contribution in [0.3, 0.4) is 0 Å². The molecule has 0 saturated carbocycles. The number of hydrogen-bond acceptors (Lipinski definition) is 3. The lowest BCUT2D eigenvalue weighted by Crippen LogP contribution is -2.20. The van der Waals surface area contributed by atoms with Gasteiger partial charge in [0.15, 0.2) is 0 Å². The van der Waals surface area contributed by atoms with Gasteiger partial charge in [-0.25, -0.2) is 4.98 Å². The summed E-state index contributed by atoms with van der Waals surface area (Å²) in [4.78, 5) is 16.7. The number of aromatic nitrogens is 2. The third-order valence-electron chi connectivity index (χ3n) is 3.81. The lowest BCUT2D eigenvalue weighted by atomic mass is 10.2. The predicted molar refractivity (Wildman–Crippen MR) is 91.9 cm³/mol. The van der Waals surface area contributed by atoms with E-state index in [9.17, 15) is 4.79 Å². The maximum atomic E-state index is 12.3. The van der Waals surface area contributed by atoms with Crippen molar-refractivity contribution in [1.82, 2.24) is 9.55 Å². The van der Waals surface area contributed by atoms with Crippen LogP contribution in [-0.2, 0) is 6.54 Å². The van der Waals surface area contributed by atoms with Crippen molar-refractivity contribution >= 4 is 10.9 Å². The number of para-hydroxylation sites is 1. The molecule has 0 bridgehead atoms. The summed E-state index contributed by atoms with van der Waals surface area (Å²) in [5.41, 5.74) is 1.99. The van der Waals surface area contributed by atoms with E-state index in [0.717, 1.165) is 24.1 Å². The summed E-state index contributed by atoms with van der Waals surface area (Å²) in [5, 5.41) is 0.672. The van der Waals surface area contributed by atoms with Crippen LogP contribution in [0.25, 0.3) is 10.9 Å². The molecule has 1 aromatic heterocycles. The molecule has 0 amide bonds. The molecule has 2 aromatic carbocycles. The first-order valence-corrected chi connectivity index (χ1v) is 7.88. The lowest BCUT2D eigenvalue weighted by Gasteiger charge is -2.08. The van der Waals surface area contributed by atoms with Gasteiger partial charge in [-0.2, -0.15) is 0 Å². The van der Waals surface area contributed by atoms with Gasteiger partial charge in [-0.1, -0.05) is 29.8 Å². The van der Waals surface area contributed by atoms with Gasteiger partial charge >= 0.3 is 0 Å². The minimum Gasteiger partial charge on any atom is -0.494 e. The summed E-state index contributed by atoms with van der Waals surface area (Å²) in [7, 11) is 0. The number of aryl methyl sites for hydroxylation is 2. The molecule has 0 saturated heterocycles. The van der Waals surface area contributed by atoms with E-state index in [2.05, 4.69) is 11.9 Å². The van der Waals surface area contributed by atoms with Crippen LogP contribution >= 0.6 is 0 Å². The van der Waals surface area contributed by atoms with E-state index in [1.165, 1.54) is 5.56 Å². The van der Waals surface area contributed by atoms with Gasteiger partial charge in [0.05, 0.1) is 23.8 Å². The van der Waals surface area contributed by atoms with Crippen molar-refractivity contribution in [2.24, 2.45) is 0 Å². The van der Waals surface area contributed by atoms with Crippen LogP contribution in [-0.4, -0.2) is 16.2 Å². The highest BCUT2D eigenvalue weighted by molar-refractivity contribution is 5.76. The minimum atomic E-state index is 0.0232. The van der Waals surface area contributed by atoms with Crippen LogP contribution in [0.2, 0.25) is 0 Å². The number of nitrogens with zero attached hydrogens (tertiary/aromatic N) is 2. The molecule has 0 unspecified atom stereocenters. The third-order valence-corrected chi connectivity index (χ3v) is 3.81. The zero-order chi connectivity index (χ0) is 16.1. The number of benzene rings is 2. The van der Waals surface area contributed by atoms with E-state index in [1.807, 2.05) is 48.5 Å². The highest BCUT2D eigenvalue weighted by Gasteiger charge is 2.03. The molecule has 0 N–H and O–H groups in total. The van der Waals surface area contributed by atoms with Crippen molar-refractivity contribution in [3.8, 4) is 5.75 Å². The molecular weight excluding hydrogens is 288 g/mol. The zero-order valence-corrected chi connectivity index (χ0v) is 13.2. The van der Waals surface area contributed by atoms with Gasteiger partial charge in [-0.3, -0.25) is 9.36 Å². The molecule has 0 aliphatic heterocycles. The second kappa shape index (κ2) is 7.09. The molecule has 118 valence electrons. The average molecular weight is 308 g/mol. The molecule has 23 heavy (non-hydrogen) atoms. The number of ether oxygens (including phenoxy) is 1. The lowest BCUT2D eigenvalue weighted by molar-refractivity contribution is 0.302. The Labute approximate surface area is 135 Å². The van der Waals surface area contributed by atoms with Gasteiger partial charge in [0, 0.05) is 6.54 Å². The fourth-order valence-electron chi connectivity index (χ4n) is 2.47. The number of hydrogen-bond donors (Lipinski definition) is 0. The number of rotatable bonds is 6. The molecule has 4 nitrogen and oxygen atoms in total. The molecule has 0 atom stereocenters. The number of fused-ring (bicyclic) bond motifs is 1. The summed E-state index contributed by atoms with van der Waals surface area (Å²) in [5.74, 6) is 0.889. The summed E-state index contributed by atoms with van der Waals surface area (Å²) in [6.07, 6.45) is 3.41. The van der Waals surface area contributed by atoms with Crippen LogP contribution in [0.5, 0.6) is 5.75 Å². The topological polar surface area (TPSA) is 44.1 Å². The van der Waals surface area contributed by atoms with Crippen molar-refractivity contribution in [1.29, 1.82) is 0 Å². The Hall–Kier alpha value is -2.62. The molecule has 0 aliphatic rings. The van der Waals surface area contributed by atoms with E-state index < -0.39 is 0 Å². The molecule has 3 aromatic rings. The van der Waals surface area contributed by atoms with Gasteiger partial charge in [0.1, 0.15) is 5.75 Å². The van der Waals surface area contributed by atoms with Crippen LogP contribution in [0.15, 0.2) is 59.7 Å². The summed E-state index contributed by atoms with van der Waals surface area (Å²) in [6.45, 7) is 3.37. The summed E-state index contributed by atoms with van der Waals surface area (Å²) < 4.78 is 7.37. The summed E-state index contributed by atoms with van der Waals surface area (Å²) in [6, 6.07) is 15.5. The van der Waals surface area contributed by atoms with Crippen molar-refractivity contribution < 1.29 is 4.74 Å². The Kier molecular flexibility index (Phi) is 4.71. The van der Waals surface area contributed by atoms with Crippen molar-refractivity contribution in [3.63, 3.8) is 0 Å². The molecular formula is C19H20N2O2. The normalized spacial score (nSPS) is 10.8. The molecule has 1 heterocycles. The van der Waals surface area contributed by atoms with Gasteiger partial charge in [0.25, 0.3) is 5.56 Å². The van der Waals surface area contributed by atoms with Gasteiger partial charge in [-0.05, 0) is 44.0 Å². The monoisotopic (exact) mass is 308 g/mol. The number of unbranched alkanes of at least 4 members (excludes halogenated alkanes) is 1. The SMILES string of the molecule is Cc1ccc(OCCCCn2cnc3ccccc3c2=O)cc1. The zero-order valence-electron chi connectivity index (χ0n) is 13.2. The first kappa shape index (κ1) is 15.3. The molecule has 4 heteroatoms. The minimum absolute atomic E-state index is 0.0232. The Morgan fingerprint density at radius 1 is 1.04 bits per heavy atom. The third kappa shape index (κ3) is 3.77. The van der Waals surface area contributed by atoms with Crippen LogP contribution in [0.4, 0.5) is 0 Å². The van der Waals surface area contributed by atoms with Crippen LogP contribution in [0, 0.1) is 6.92 Å². The van der Waals surface area contributed by atoms with E-state index in [4.69, 9.17) is 4.74 Å². The predicted octanol–water partition coefficient (Wildman–Crippen LogP) is 3.56. The van der Waals surface area contributed by atoms with E-state index >= 15 is 0 Å². The van der Waals surface area contributed by atoms with E-state index in [-0.39, 0.29) is 5.56 Å². The largest absolute Gasteiger partial charge is 0.494 e. The first-order valence-electron chi connectivity index (χ1n) is 7.88. The second-order valence-electron chi connectivity index (χ2n) is 5.63. The smallest absolute Gasteiger partial charge is 0.261 e. The van der Waals surface area contributed by atoms with Crippen molar-refractivity contribution in [2.45, 2.75) is 26.3 Å². The fraction of sp³-hybridized carbons (Fsp3) is 0.263. The van der Waals surface area contributed by atoms with E-state index in [0.29, 0.717) is 18.5 Å². The fourth-order valence-corrected chi connectivity index (χ4v) is 2.47. The van der Waals surface area contributed by atoms with Crippen LogP contribution in [0.1, 0.15) is 18.4 Å². The molecule has 3 rings (SSSR count). The van der Waals surface area contributed by atoms with Gasteiger partial charge < -0.3 is 4.74 Å². The quantitative estimate of drug-likeness (QED) is 0.654. The highest BCUT2D eigenvalue weighted by atomic mass is 16.5. The molecule has 0 fully saturated rings. The maximum Gasteiger partial charge on any atom is 0.261 e.